The van der Waals surface area contributed by atoms with E-state index in [2.05, 4.69) is 0 Å². The summed E-state index contributed by atoms with van der Waals surface area (Å²) in [6.45, 7) is 1.54. The molecule has 1 aromatic carbocycles. The smallest absolute Gasteiger partial charge is 0.134 e. The first-order valence-electron chi connectivity index (χ1n) is 3.95. The number of methoxy groups -OCH3 is 1. The van der Waals surface area contributed by atoms with E-state index in [9.17, 15) is 4.79 Å². The van der Waals surface area contributed by atoms with E-state index in [-0.39, 0.29) is 5.78 Å². The zero-order valence-electron chi connectivity index (χ0n) is 7.63. The Morgan fingerprint density at radius 2 is 2.23 bits per heavy atom. The summed E-state index contributed by atoms with van der Waals surface area (Å²) in [4.78, 5) is 10.9. The maximum atomic E-state index is 10.9. The lowest BCUT2D eigenvalue weighted by Crippen LogP contribution is -1.99. The van der Waals surface area contributed by atoms with Gasteiger partial charge in [0.2, 0.25) is 0 Å². The minimum absolute atomic E-state index is 0.0977. The molecular formula is C10H11ClO2. The third-order valence-corrected chi connectivity index (χ3v) is 1.92. The molecule has 0 saturated carbocycles. The zero-order chi connectivity index (χ0) is 9.84. The second-order valence-corrected chi connectivity index (χ2v) is 3.27. The Kier molecular flexibility index (Phi) is 3.32. The van der Waals surface area contributed by atoms with Gasteiger partial charge >= 0.3 is 0 Å². The third kappa shape index (κ3) is 2.74. The average molecular weight is 199 g/mol. The minimum Gasteiger partial charge on any atom is -0.496 e. The minimum atomic E-state index is 0.0977. The predicted molar refractivity (Wildman–Crippen MR) is 52.4 cm³/mol. The molecule has 0 bridgehead atoms. The van der Waals surface area contributed by atoms with Crippen LogP contribution in [0, 0.1) is 0 Å². The molecule has 0 aliphatic carbocycles. The molecule has 0 N–H and O–H groups in total. The number of ether oxygens (including phenoxy) is 1. The highest BCUT2D eigenvalue weighted by Gasteiger charge is 2.05. The van der Waals surface area contributed by atoms with Gasteiger partial charge in [0.15, 0.2) is 0 Å². The van der Waals surface area contributed by atoms with Gasteiger partial charge in [-0.3, -0.25) is 4.79 Å². The molecule has 2 nitrogen and oxygen atoms in total. The maximum absolute atomic E-state index is 10.9. The van der Waals surface area contributed by atoms with Crippen LogP contribution in [0.1, 0.15) is 12.5 Å². The van der Waals surface area contributed by atoms with Gasteiger partial charge < -0.3 is 4.74 Å². The average Bonchev–Trinajstić information content (AvgIpc) is 2.03. The van der Waals surface area contributed by atoms with Gasteiger partial charge in [0, 0.05) is 17.0 Å². The summed E-state index contributed by atoms with van der Waals surface area (Å²) >= 11 is 5.79. The number of halogens is 1. The molecular weight excluding hydrogens is 188 g/mol. The summed E-state index contributed by atoms with van der Waals surface area (Å²) in [7, 11) is 1.58. The number of carbonyl (C=O) groups is 1. The van der Waals surface area contributed by atoms with Crippen LogP contribution in [-0.2, 0) is 11.2 Å². The van der Waals surface area contributed by atoms with Crippen molar-refractivity contribution in [1.29, 1.82) is 0 Å². The van der Waals surface area contributed by atoms with E-state index in [0.717, 1.165) is 5.56 Å². The molecule has 0 amide bonds. The SMILES string of the molecule is COc1ccc(Cl)cc1CC(C)=O. The summed E-state index contributed by atoms with van der Waals surface area (Å²) in [5.41, 5.74) is 0.836. The van der Waals surface area contributed by atoms with Crippen LogP contribution in [0.4, 0.5) is 0 Å². The van der Waals surface area contributed by atoms with Gasteiger partial charge in [0.05, 0.1) is 7.11 Å². The van der Waals surface area contributed by atoms with E-state index >= 15 is 0 Å². The van der Waals surface area contributed by atoms with Crippen molar-refractivity contribution in [1.82, 2.24) is 0 Å². The van der Waals surface area contributed by atoms with Gasteiger partial charge in [-0.1, -0.05) is 11.6 Å². The van der Waals surface area contributed by atoms with Crippen molar-refractivity contribution in [3.63, 3.8) is 0 Å². The highest BCUT2D eigenvalue weighted by atomic mass is 35.5. The molecule has 13 heavy (non-hydrogen) atoms. The van der Waals surface area contributed by atoms with E-state index in [1.54, 1.807) is 32.2 Å². The van der Waals surface area contributed by atoms with Crippen molar-refractivity contribution >= 4 is 17.4 Å². The largest absolute Gasteiger partial charge is 0.496 e. The first-order valence-corrected chi connectivity index (χ1v) is 4.33. The number of ketones is 1. The molecule has 0 atom stereocenters. The number of Topliss-reactive ketones (excluding diaryl/α,β-unsaturated/α-hetero) is 1. The Hall–Kier alpha value is -1.02. The Morgan fingerprint density at radius 3 is 2.77 bits per heavy atom. The monoisotopic (exact) mass is 198 g/mol. The van der Waals surface area contributed by atoms with Crippen LogP contribution in [0.3, 0.4) is 0 Å². The lowest BCUT2D eigenvalue weighted by Gasteiger charge is -2.06. The van der Waals surface area contributed by atoms with Crippen molar-refractivity contribution in [3.8, 4) is 5.75 Å². The topological polar surface area (TPSA) is 26.3 Å². The summed E-state index contributed by atoms with van der Waals surface area (Å²) in [6, 6.07) is 5.26. The van der Waals surface area contributed by atoms with Gasteiger partial charge in [-0.2, -0.15) is 0 Å². The Balaban J connectivity index is 3.01. The fourth-order valence-electron chi connectivity index (χ4n) is 1.15. The van der Waals surface area contributed by atoms with Crippen molar-refractivity contribution in [2.75, 3.05) is 7.11 Å². The van der Waals surface area contributed by atoms with E-state index < -0.39 is 0 Å². The summed E-state index contributed by atoms with van der Waals surface area (Å²) < 4.78 is 5.09. The van der Waals surface area contributed by atoms with Gasteiger partial charge in [-0.25, -0.2) is 0 Å². The van der Waals surface area contributed by atoms with Gasteiger partial charge in [-0.05, 0) is 25.1 Å². The second-order valence-electron chi connectivity index (χ2n) is 2.83. The number of hydrogen-bond acceptors (Lipinski definition) is 2. The zero-order valence-corrected chi connectivity index (χ0v) is 8.39. The first kappa shape index (κ1) is 10.1. The van der Waals surface area contributed by atoms with Crippen LogP contribution in [0.2, 0.25) is 5.02 Å². The Bertz CT molecular complexity index is 321. The molecule has 0 radical (unpaired) electrons. The normalized spacial score (nSPS) is 9.77. The molecule has 0 aliphatic rings. The number of carbonyl (C=O) groups excluding carboxylic acids is 1. The van der Waals surface area contributed by atoms with Gasteiger partial charge in [0.25, 0.3) is 0 Å². The molecule has 0 aromatic heterocycles. The first-order chi connectivity index (χ1) is 6.13. The third-order valence-electron chi connectivity index (χ3n) is 1.68. The molecule has 1 aromatic rings. The van der Waals surface area contributed by atoms with E-state index in [0.29, 0.717) is 17.2 Å². The highest BCUT2D eigenvalue weighted by Crippen LogP contribution is 2.22. The standard InChI is InChI=1S/C10H11ClO2/c1-7(12)5-8-6-9(11)3-4-10(8)13-2/h3-4,6H,5H2,1-2H3. The van der Waals surface area contributed by atoms with Crippen LogP contribution in [0.15, 0.2) is 18.2 Å². The van der Waals surface area contributed by atoms with Crippen LogP contribution in [0.5, 0.6) is 5.75 Å². The summed E-state index contributed by atoms with van der Waals surface area (Å²) in [6.07, 6.45) is 0.365. The molecule has 0 aliphatic heterocycles. The lowest BCUT2D eigenvalue weighted by atomic mass is 10.1. The van der Waals surface area contributed by atoms with Crippen LogP contribution < -0.4 is 4.74 Å². The van der Waals surface area contributed by atoms with E-state index in [1.807, 2.05) is 0 Å². The van der Waals surface area contributed by atoms with E-state index in [1.165, 1.54) is 0 Å². The molecule has 70 valence electrons. The fraction of sp³-hybridized carbons (Fsp3) is 0.300. The number of rotatable bonds is 3. The van der Waals surface area contributed by atoms with Crippen molar-refractivity contribution < 1.29 is 9.53 Å². The summed E-state index contributed by atoms with van der Waals surface area (Å²) in [5, 5.41) is 0.622. The Labute approximate surface area is 82.5 Å². The fourth-order valence-corrected chi connectivity index (χ4v) is 1.35. The predicted octanol–water partition coefficient (Wildman–Crippen LogP) is 2.48. The van der Waals surface area contributed by atoms with E-state index in [4.69, 9.17) is 16.3 Å². The lowest BCUT2D eigenvalue weighted by molar-refractivity contribution is -0.116. The van der Waals surface area contributed by atoms with Crippen LogP contribution in [-0.4, -0.2) is 12.9 Å². The highest BCUT2D eigenvalue weighted by molar-refractivity contribution is 6.30. The van der Waals surface area contributed by atoms with Crippen molar-refractivity contribution in [2.24, 2.45) is 0 Å². The molecule has 0 spiro atoms. The molecule has 1 rings (SSSR count). The van der Waals surface area contributed by atoms with Gasteiger partial charge in [0.1, 0.15) is 11.5 Å². The quantitative estimate of drug-likeness (QED) is 0.746. The van der Waals surface area contributed by atoms with Crippen LogP contribution >= 0.6 is 11.6 Å². The number of hydrogen-bond donors (Lipinski definition) is 0. The Morgan fingerprint density at radius 1 is 1.54 bits per heavy atom. The van der Waals surface area contributed by atoms with Crippen molar-refractivity contribution in [2.45, 2.75) is 13.3 Å². The second kappa shape index (κ2) is 4.28. The number of benzene rings is 1. The molecule has 0 unspecified atom stereocenters. The molecule has 0 saturated heterocycles. The summed E-state index contributed by atoms with van der Waals surface area (Å²) in [5.74, 6) is 0.806. The maximum Gasteiger partial charge on any atom is 0.134 e. The molecule has 3 heteroatoms. The van der Waals surface area contributed by atoms with Crippen LogP contribution in [0.25, 0.3) is 0 Å². The molecule has 0 fully saturated rings. The molecule has 0 heterocycles. The van der Waals surface area contributed by atoms with Gasteiger partial charge in [-0.15, -0.1) is 0 Å². The van der Waals surface area contributed by atoms with Crippen molar-refractivity contribution in [3.05, 3.63) is 28.8 Å².